The van der Waals surface area contributed by atoms with Crippen molar-refractivity contribution in [3.63, 3.8) is 0 Å². The van der Waals surface area contributed by atoms with Crippen LogP contribution < -0.4 is 28.5 Å². The first-order valence-corrected chi connectivity index (χ1v) is 7.84. The summed E-state index contributed by atoms with van der Waals surface area (Å²) in [5, 5.41) is 0.0554. The predicted octanol–water partition coefficient (Wildman–Crippen LogP) is 2.06. The number of aromatic amines is 1. The van der Waals surface area contributed by atoms with Gasteiger partial charge in [-0.05, 0) is 11.8 Å². The van der Waals surface area contributed by atoms with E-state index in [2.05, 4.69) is 4.98 Å². The average Bonchev–Trinajstić information content (AvgIpc) is 2.90. The SMILES string of the molecule is C[n+]1cc[nH]c1SCCC(F)(F)C(F)(F)C(F)(F)C(F)(F)C(F)(F)C(F)(F)F.[I-]. The maximum absolute atomic E-state index is 13.5. The summed E-state index contributed by atoms with van der Waals surface area (Å²) in [7, 11) is 1.36. The van der Waals surface area contributed by atoms with Gasteiger partial charge in [0.1, 0.15) is 12.4 Å². The van der Waals surface area contributed by atoms with E-state index in [0.717, 1.165) is 0 Å². The van der Waals surface area contributed by atoms with Gasteiger partial charge < -0.3 is 24.0 Å². The molecule has 0 fully saturated rings. The highest BCUT2D eigenvalue weighted by Gasteiger charge is 2.90. The third-order valence-corrected chi connectivity index (χ3v) is 4.57. The lowest BCUT2D eigenvalue weighted by molar-refractivity contribution is -0.708. The highest BCUT2D eigenvalue weighted by Crippen LogP contribution is 2.60. The number of rotatable bonds is 8. The number of alkyl halides is 13. The average molecular weight is 588 g/mol. The van der Waals surface area contributed by atoms with Crippen LogP contribution in [0.4, 0.5) is 57.1 Å². The standard InChI is InChI=1S/C12H9F13N2S.HI/c1-27-4-3-26-6(27)28-5-2-7(13,14)8(15,16)9(17,18)10(19,20)11(21,22)12(23,24)25;/h3-4H,2,5H2,1H3;1H. The molecule has 0 spiro atoms. The fourth-order valence-electron chi connectivity index (χ4n) is 1.77. The zero-order valence-electron chi connectivity index (χ0n) is 13.7. The van der Waals surface area contributed by atoms with E-state index >= 15 is 0 Å². The Hall–Kier alpha value is -0.620. The molecule has 29 heavy (non-hydrogen) atoms. The molecule has 0 saturated carbocycles. The van der Waals surface area contributed by atoms with Crippen LogP contribution in [-0.2, 0) is 7.05 Å². The Morgan fingerprint density at radius 3 is 1.62 bits per heavy atom. The summed E-state index contributed by atoms with van der Waals surface area (Å²) in [5.41, 5.74) is 0. The van der Waals surface area contributed by atoms with Crippen molar-refractivity contribution in [2.75, 3.05) is 5.75 Å². The van der Waals surface area contributed by atoms with E-state index in [4.69, 9.17) is 0 Å². The number of H-pyrrole nitrogens is 1. The van der Waals surface area contributed by atoms with E-state index < -0.39 is 48.0 Å². The first-order valence-electron chi connectivity index (χ1n) is 6.85. The van der Waals surface area contributed by atoms with Crippen molar-refractivity contribution in [2.45, 2.75) is 47.4 Å². The summed E-state index contributed by atoms with van der Waals surface area (Å²) in [6.07, 6.45) is -7.03. The van der Waals surface area contributed by atoms with Gasteiger partial charge in [-0.15, -0.1) is 0 Å². The van der Waals surface area contributed by atoms with Gasteiger partial charge in [-0.1, -0.05) is 0 Å². The second kappa shape index (κ2) is 8.49. The molecule has 0 atom stereocenters. The molecule has 1 heterocycles. The van der Waals surface area contributed by atoms with E-state index in [1.54, 1.807) is 0 Å². The molecule has 0 amide bonds. The van der Waals surface area contributed by atoms with Crippen molar-refractivity contribution >= 4 is 11.8 Å². The predicted molar refractivity (Wildman–Crippen MR) is 68.1 cm³/mol. The number of nitrogens with one attached hydrogen (secondary N) is 1. The fourth-order valence-corrected chi connectivity index (χ4v) is 2.74. The summed E-state index contributed by atoms with van der Waals surface area (Å²) < 4.78 is 169. The maximum Gasteiger partial charge on any atom is 0.460 e. The van der Waals surface area contributed by atoms with Crippen molar-refractivity contribution in [1.29, 1.82) is 0 Å². The topological polar surface area (TPSA) is 19.7 Å². The minimum atomic E-state index is -7.86. The Labute approximate surface area is 175 Å². The molecular formula is C12H10F13IN2S. The molecule has 0 aliphatic rings. The quantitative estimate of drug-likeness (QED) is 0.214. The van der Waals surface area contributed by atoms with Gasteiger partial charge in [-0.2, -0.15) is 57.1 Å². The summed E-state index contributed by atoms with van der Waals surface area (Å²) in [5.74, 6) is -37.6. The number of aromatic nitrogens is 2. The number of nitrogens with zero attached hydrogens (tertiary/aromatic N) is 1. The molecule has 0 aliphatic carbocycles. The van der Waals surface area contributed by atoms with Crippen molar-refractivity contribution in [2.24, 2.45) is 7.05 Å². The van der Waals surface area contributed by atoms with Crippen LogP contribution in [0.1, 0.15) is 6.42 Å². The van der Waals surface area contributed by atoms with Gasteiger partial charge in [0.25, 0.3) is 0 Å². The Kier molecular flexibility index (Phi) is 8.31. The van der Waals surface area contributed by atoms with Crippen LogP contribution in [-0.4, -0.2) is 46.5 Å². The largest absolute Gasteiger partial charge is 1.00 e. The van der Waals surface area contributed by atoms with Crippen molar-refractivity contribution < 1.29 is 85.6 Å². The van der Waals surface area contributed by atoms with Gasteiger partial charge >= 0.3 is 40.9 Å². The van der Waals surface area contributed by atoms with Gasteiger partial charge in [0.05, 0.1) is 7.05 Å². The molecule has 172 valence electrons. The fraction of sp³-hybridized carbons (Fsp3) is 0.750. The van der Waals surface area contributed by atoms with Gasteiger partial charge in [-0.25, -0.2) is 9.55 Å². The number of aryl methyl sites for hydroxylation is 1. The van der Waals surface area contributed by atoms with Crippen LogP contribution in [0, 0.1) is 0 Å². The number of thioether (sulfide) groups is 1. The van der Waals surface area contributed by atoms with E-state index in [1.807, 2.05) is 0 Å². The highest BCUT2D eigenvalue weighted by atomic mass is 127. The van der Waals surface area contributed by atoms with E-state index in [1.165, 1.54) is 24.0 Å². The van der Waals surface area contributed by atoms with Crippen molar-refractivity contribution in [3.05, 3.63) is 12.4 Å². The Morgan fingerprint density at radius 2 is 1.24 bits per heavy atom. The number of hydrogen-bond acceptors (Lipinski definition) is 1. The van der Waals surface area contributed by atoms with Gasteiger partial charge in [0, 0.05) is 12.2 Å². The van der Waals surface area contributed by atoms with E-state index in [9.17, 15) is 57.1 Å². The molecule has 1 aromatic heterocycles. The molecule has 0 aliphatic heterocycles. The summed E-state index contributed by atoms with van der Waals surface area (Å²) in [4.78, 5) is 2.42. The number of imidazole rings is 1. The van der Waals surface area contributed by atoms with Gasteiger partial charge in [-0.3, -0.25) is 0 Å². The Morgan fingerprint density at radius 1 is 0.793 bits per heavy atom. The summed E-state index contributed by atoms with van der Waals surface area (Å²) in [6.45, 7) is 0. The molecule has 1 rings (SSSR count). The summed E-state index contributed by atoms with van der Waals surface area (Å²) in [6, 6.07) is 0. The Balaban J connectivity index is 0.00000784. The molecule has 0 bridgehead atoms. The lowest BCUT2D eigenvalue weighted by Crippen LogP contribution is -3.00. The lowest BCUT2D eigenvalue weighted by Gasteiger charge is -2.39. The lowest BCUT2D eigenvalue weighted by atomic mass is 9.93. The molecule has 1 aromatic rings. The van der Waals surface area contributed by atoms with Crippen LogP contribution >= 0.6 is 11.8 Å². The second-order valence-electron chi connectivity index (χ2n) is 5.47. The second-order valence-corrected chi connectivity index (χ2v) is 6.56. The van der Waals surface area contributed by atoms with Crippen LogP contribution in [0.5, 0.6) is 0 Å². The minimum absolute atomic E-state index is 0. The maximum atomic E-state index is 13.5. The van der Waals surface area contributed by atoms with Crippen LogP contribution in [0.25, 0.3) is 0 Å². The number of halogens is 14. The monoisotopic (exact) mass is 588 g/mol. The molecule has 1 N–H and O–H groups in total. The van der Waals surface area contributed by atoms with Crippen molar-refractivity contribution in [3.8, 4) is 0 Å². The molecule has 0 saturated heterocycles. The smallest absolute Gasteiger partial charge is 0.460 e. The molecule has 0 aromatic carbocycles. The minimum Gasteiger partial charge on any atom is -1.00 e. The number of hydrogen-bond donors (Lipinski definition) is 1. The molecule has 2 nitrogen and oxygen atoms in total. The van der Waals surface area contributed by atoms with Crippen LogP contribution in [0.15, 0.2) is 17.6 Å². The zero-order chi connectivity index (χ0) is 22.4. The van der Waals surface area contributed by atoms with E-state index in [0.29, 0.717) is 11.8 Å². The highest BCUT2D eigenvalue weighted by molar-refractivity contribution is 7.99. The van der Waals surface area contributed by atoms with E-state index in [-0.39, 0.29) is 29.1 Å². The van der Waals surface area contributed by atoms with Gasteiger partial charge in [0.15, 0.2) is 0 Å². The third-order valence-electron chi connectivity index (χ3n) is 3.48. The molecule has 0 radical (unpaired) electrons. The summed E-state index contributed by atoms with van der Waals surface area (Å²) >= 11 is 0.358. The zero-order valence-corrected chi connectivity index (χ0v) is 16.7. The Bertz CT molecular complexity index is 686. The normalized spacial score (nSPS) is 14.7. The first kappa shape index (κ1) is 28.4. The first-order chi connectivity index (χ1) is 12.2. The van der Waals surface area contributed by atoms with Crippen LogP contribution in [0.3, 0.4) is 0 Å². The van der Waals surface area contributed by atoms with Gasteiger partial charge in [0.2, 0.25) is 0 Å². The molecule has 17 heteroatoms. The van der Waals surface area contributed by atoms with Crippen molar-refractivity contribution in [1.82, 2.24) is 4.98 Å². The molecule has 0 unspecified atom stereocenters. The third kappa shape index (κ3) is 4.68. The molecular weight excluding hydrogens is 578 g/mol. The van der Waals surface area contributed by atoms with Crippen LogP contribution in [0.2, 0.25) is 0 Å².